The summed E-state index contributed by atoms with van der Waals surface area (Å²) in [4.78, 5) is 9.25. The highest BCUT2D eigenvalue weighted by molar-refractivity contribution is 5.98. The van der Waals surface area contributed by atoms with E-state index in [0.717, 1.165) is 19.0 Å². The van der Waals surface area contributed by atoms with Gasteiger partial charge in [-0.15, -0.1) is 0 Å². The van der Waals surface area contributed by atoms with Gasteiger partial charge in [0.05, 0.1) is 17.9 Å². The first-order valence-electron chi connectivity index (χ1n) is 7.63. The number of hydrogen-bond acceptors (Lipinski definition) is 4. The number of nitrogens with zero attached hydrogens (tertiary/aromatic N) is 3. The first-order valence-corrected chi connectivity index (χ1v) is 7.63. The Morgan fingerprint density at radius 1 is 1.10 bits per heavy atom. The highest BCUT2D eigenvalue weighted by Gasteiger charge is 2.19. The van der Waals surface area contributed by atoms with Gasteiger partial charge in [-0.2, -0.15) is 0 Å². The Hall–Kier alpha value is -1.71. The highest BCUT2D eigenvalue weighted by Crippen LogP contribution is 2.31. The number of piperidine rings is 1. The zero-order chi connectivity index (χ0) is 13.9. The minimum atomic E-state index is 0.893. The normalized spacial score (nSPS) is 19.2. The van der Waals surface area contributed by atoms with Crippen LogP contribution in [0.1, 0.15) is 24.8 Å². The van der Waals surface area contributed by atoms with E-state index in [2.05, 4.69) is 52.3 Å². The number of likely N-dealkylation sites (N-methyl/N-ethyl adjacent to an activating group) is 1. The van der Waals surface area contributed by atoms with Crippen LogP contribution in [0.25, 0.3) is 0 Å². The molecule has 1 N–H and O–H groups in total. The molecule has 20 heavy (non-hydrogen) atoms. The third-order valence-corrected chi connectivity index (χ3v) is 4.24. The lowest BCUT2D eigenvalue weighted by Gasteiger charge is -2.31. The van der Waals surface area contributed by atoms with Crippen LogP contribution in [0.4, 0.5) is 11.4 Å². The van der Waals surface area contributed by atoms with Crippen LogP contribution in [0, 0.1) is 6.92 Å². The lowest BCUT2D eigenvalue weighted by molar-refractivity contribution is 0.554. The van der Waals surface area contributed by atoms with Crippen LogP contribution in [0.2, 0.25) is 0 Å². The van der Waals surface area contributed by atoms with Gasteiger partial charge in [0.15, 0.2) is 5.96 Å². The second-order valence-electron chi connectivity index (χ2n) is 5.77. The summed E-state index contributed by atoms with van der Waals surface area (Å²) in [6, 6.07) is 6.56. The first kappa shape index (κ1) is 13.3. The van der Waals surface area contributed by atoms with E-state index in [4.69, 9.17) is 0 Å². The number of aliphatic imine (C=N–C) groups is 1. The predicted octanol–water partition coefficient (Wildman–Crippen LogP) is 2.70. The van der Waals surface area contributed by atoms with Gasteiger partial charge in [-0.1, -0.05) is 12.1 Å². The molecule has 0 aliphatic carbocycles. The van der Waals surface area contributed by atoms with E-state index in [0.29, 0.717) is 0 Å². The van der Waals surface area contributed by atoms with Gasteiger partial charge in [-0.3, -0.25) is 4.99 Å². The molecule has 0 aromatic heterocycles. The van der Waals surface area contributed by atoms with Crippen molar-refractivity contribution in [2.75, 3.05) is 43.4 Å². The van der Waals surface area contributed by atoms with Crippen LogP contribution in [0.15, 0.2) is 23.2 Å². The molecule has 1 aromatic rings. The van der Waals surface area contributed by atoms with Crippen LogP contribution in [-0.4, -0.2) is 44.1 Å². The Morgan fingerprint density at radius 3 is 2.60 bits per heavy atom. The number of aryl methyl sites for hydroxylation is 1. The Bertz CT molecular complexity index is 503. The zero-order valence-corrected chi connectivity index (χ0v) is 12.5. The maximum absolute atomic E-state index is 4.55. The largest absolute Gasteiger partial charge is 0.370 e. The van der Waals surface area contributed by atoms with Crippen molar-refractivity contribution in [2.24, 2.45) is 4.99 Å². The summed E-state index contributed by atoms with van der Waals surface area (Å²) in [5, 5.41) is 3.56. The molecule has 4 nitrogen and oxygen atoms in total. The average molecular weight is 272 g/mol. The van der Waals surface area contributed by atoms with E-state index >= 15 is 0 Å². The zero-order valence-electron chi connectivity index (χ0n) is 12.5. The predicted molar refractivity (Wildman–Crippen MR) is 85.8 cm³/mol. The van der Waals surface area contributed by atoms with Crippen molar-refractivity contribution >= 4 is 17.3 Å². The van der Waals surface area contributed by atoms with Gasteiger partial charge in [0.25, 0.3) is 0 Å². The fourth-order valence-corrected chi connectivity index (χ4v) is 2.99. The Labute approximate surface area is 121 Å². The molecule has 4 heteroatoms. The lowest BCUT2D eigenvalue weighted by Crippen LogP contribution is -2.33. The SMILES string of the molecule is Cc1cccc(N2CCCCC2)c1NC1=NCCN1C. The summed E-state index contributed by atoms with van der Waals surface area (Å²) < 4.78 is 0. The second kappa shape index (κ2) is 5.73. The fourth-order valence-electron chi connectivity index (χ4n) is 2.99. The molecule has 1 fully saturated rings. The maximum atomic E-state index is 4.55. The summed E-state index contributed by atoms with van der Waals surface area (Å²) in [5.41, 5.74) is 3.84. The van der Waals surface area contributed by atoms with Gasteiger partial charge in [0, 0.05) is 26.7 Å². The Kier molecular flexibility index (Phi) is 3.81. The van der Waals surface area contributed by atoms with Crippen molar-refractivity contribution in [3.05, 3.63) is 23.8 Å². The molecule has 1 aromatic carbocycles. The molecule has 0 spiro atoms. The van der Waals surface area contributed by atoms with Gasteiger partial charge in [0.1, 0.15) is 0 Å². The highest BCUT2D eigenvalue weighted by atomic mass is 15.3. The second-order valence-corrected chi connectivity index (χ2v) is 5.77. The average Bonchev–Trinajstić information content (AvgIpc) is 2.87. The van der Waals surface area contributed by atoms with Crippen molar-refractivity contribution in [3.63, 3.8) is 0 Å². The van der Waals surface area contributed by atoms with Gasteiger partial charge < -0.3 is 15.1 Å². The number of rotatable bonds is 2. The number of hydrogen-bond donors (Lipinski definition) is 1. The molecule has 1 saturated heterocycles. The molecule has 0 atom stereocenters. The first-order chi connectivity index (χ1) is 9.75. The molecule has 0 unspecified atom stereocenters. The van der Waals surface area contributed by atoms with Gasteiger partial charge in [0.2, 0.25) is 0 Å². The number of para-hydroxylation sites is 1. The molecule has 108 valence electrons. The van der Waals surface area contributed by atoms with Crippen LogP contribution in [-0.2, 0) is 0 Å². The molecule has 2 heterocycles. The summed E-state index contributed by atoms with van der Waals surface area (Å²) in [7, 11) is 2.09. The molecular weight excluding hydrogens is 248 g/mol. The maximum Gasteiger partial charge on any atom is 0.198 e. The molecule has 0 radical (unpaired) electrons. The van der Waals surface area contributed by atoms with Gasteiger partial charge >= 0.3 is 0 Å². The quantitative estimate of drug-likeness (QED) is 0.898. The fraction of sp³-hybridized carbons (Fsp3) is 0.562. The van der Waals surface area contributed by atoms with Crippen LogP contribution in [0.3, 0.4) is 0 Å². The standard InChI is InChI=1S/C16H24N4/c1-13-7-6-8-14(20-10-4-3-5-11-20)15(13)18-16-17-9-12-19(16)2/h6-8H,3-5,9-12H2,1-2H3,(H,17,18). The molecule has 3 rings (SSSR count). The van der Waals surface area contributed by atoms with Crippen LogP contribution < -0.4 is 10.2 Å². The van der Waals surface area contributed by atoms with Crippen molar-refractivity contribution in [3.8, 4) is 0 Å². The third-order valence-electron chi connectivity index (χ3n) is 4.24. The molecule has 2 aliphatic heterocycles. The van der Waals surface area contributed by atoms with E-state index in [9.17, 15) is 0 Å². The summed E-state index contributed by atoms with van der Waals surface area (Å²) in [6.07, 6.45) is 3.96. The van der Waals surface area contributed by atoms with Crippen molar-refractivity contribution < 1.29 is 0 Å². The number of nitrogens with one attached hydrogen (secondary N) is 1. The summed E-state index contributed by atoms with van der Waals surface area (Å²) in [6.45, 7) is 6.41. The molecule has 0 bridgehead atoms. The third kappa shape index (κ3) is 2.60. The summed E-state index contributed by atoms with van der Waals surface area (Å²) in [5.74, 6) is 0.998. The number of benzene rings is 1. The van der Waals surface area contributed by atoms with E-state index in [1.807, 2.05) is 0 Å². The number of anilines is 2. The van der Waals surface area contributed by atoms with Crippen molar-refractivity contribution in [1.82, 2.24) is 4.90 Å². The monoisotopic (exact) mass is 272 g/mol. The summed E-state index contributed by atoms with van der Waals surface area (Å²) >= 11 is 0. The molecule has 0 saturated carbocycles. The van der Waals surface area contributed by atoms with Crippen LogP contribution in [0.5, 0.6) is 0 Å². The minimum absolute atomic E-state index is 0.893. The molecule has 2 aliphatic rings. The van der Waals surface area contributed by atoms with Crippen LogP contribution >= 0.6 is 0 Å². The van der Waals surface area contributed by atoms with E-state index in [-0.39, 0.29) is 0 Å². The van der Waals surface area contributed by atoms with Crippen molar-refractivity contribution in [1.29, 1.82) is 0 Å². The minimum Gasteiger partial charge on any atom is -0.370 e. The van der Waals surface area contributed by atoms with Gasteiger partial charge in [-0.25, -0.2) is 0 Å². The topological polar surface area (TPSA) is 30.9 Å². The lowest BCUT2D eigenvalue weighted by atomic mass is 10.1. The Balaban J connectivity index is 1.88. The van der Waals surface area contributed by atoms with E-state index in [1.165, 1.54) is 49.3 Å². The van der Waals surface area contributed by atoms with E-state index in [1.54, 1.807) is 0 Å². The Morgan fingerprint density at radius 2 is 1.90 bits per heavy atom. The van der Waals surface area contributed by atoms with Gasteiger partial charge in [-0.05, 0) is 37.8 Å². The van der Waals surface area contributed by atoms with Crippen molar-refractivity contribution in [2.45, 2.75) is 26.2 Å². The smallest absolute Gasteiger partial charge is 0.198 e. The molecule has 0 amide bonds. The number of guanidine groups is 1. The van der Waals surface area contributed by atoms with E-state index < -0.39 is 0 Å². The molecular formula is C16H24N4.